The number of halogens is 1. The second-order valence-electron chi connectivity index (χ2n) is 7.41. The SMILES string of the molecule is Cc1c2n(c(=O)n(Cc3ccc(C#N)cc3)c1=O)C=C(C(=O)OCc1ccc(F)cc1)OC2. The first-order valence-electron chi connectivity index (χ1n) is 9.97. The van der Waals surface area contributed by atoms with Crippen molar-refractivity contribution in [1.82, 2.24) is 9.13 Å². The number of fused-ring (bicyclic) bond motifs is 1. The van der Waals surface area contributed by atoms with Gasteiger partial charge in [0.05, 0.1) is 30.1 Å². The summed E-state index contributed by atoms with van der Waals surface area (Å²) in [5.74, 6) is -1.38. The number of hydrogen-bond donors (Lipinski definition) is 0. The number of ether oxygens (including phenoxy) is 2. The second kappa shape index (κ2) is 8.96. The van der Waals surface area contributed by atoms with Gasteiger partial charge in [-0.1, -0.05) is 24.3 Å². The van der Waals surface area contributed by atoms with Gasteiger partial charge in [-0.25, -0.2) is 14.0 Å². The van der Waals surface area contributed by atoms with Crippen LogP contribution in [0.15, 0.2) is 63.9 Å². The lowest BCUT2D eigenvalue weighted by molar-refractivity contribution is -0.144. The van der Waals surface area contributed by atoms with E-state index in [2.05, 4.69) is 0 Å². The van der Waals surface area contributed by atoms with Crippen LogP contribution in [0.4, 0.5) is 4.39 Å². The summed E-state index contributed by atoms with van der Waals surface area (Å²) >= 11 is 0. The molecule has 0 fully saturated rings. The van der Waals surface area contributed by atoms with E-state index in [0.29, 0.717) is 27.9 Å². The summed E-state index contributed by atoms with van der Waals surface area (Å²) in [4.78, 5) is 38.3. The van der Waals surface area contributed by atoms with Crippen LogP contribution in [0.3, 0.4) is 0 Å². The minimum Gasteiger partial charge on any atom is -0.479 e. The Morgan fingerprint density at radius 1 is 1.12 bits per heavy atom. The molecule has 0 saturated heterocycles. The number of hydrogen-bond acceptors (Lipinski definition) is 6. The van der Waals surface area contributed by atoms with Crippen LogP contribution >= 0.6 is 0 Å². The third kappa shape index (κ3) is 4.45. The molecule has 3 aromatic rings. The van der Waals surface area contributed by atoms with Gasteiger partial charge in [-0.3, -0.25) is 13.9 Å². The van der Waals surface area contributed by atoms with Crippen LogP contribution in [-0.4, -0.2) is 15.1 Å². The topological polar surface area (TPSA) is 103 Å². The lowest BCUT2D eigenvalue weighted by atomic mass is 10.1. The van der Waals surface area contributed by atoms with Crippen LogP contribution in [0.2, 0.25) is 0 Å². The zero-order valence-electron chi connectivity index (χ0n) is 17.6. The molecule has 166 valence electrons. The van der Waals surface area contributed by atoms with Crippen molar-refractivity contribution in [2.45, 2.75) is 26.7 Å². The van der Waals surface area contributed by atoms with Gasteiger partial charge in [0.15, 0.2) is 0 Å². The van der Waals surface area contributed by atoms with Crippen molar-refractivity contribution in [3.63, 3.8) is 0 Å². The zero-order chi connectivity index (χ0) is 23.5. The molecule has 0 aliphatic carbocycles. The van der Waals surface area contributed by atoms with E-state index in [1.807, 2.05) is 6.07 Å². The molecule has 2 aromatic carbocycles. The predicted molar refractivity (Wildman–Crippen MR) is 115 cm³/mol. The Morgan fingerprint density at radius 2 is 1.79 bits per heavy atom. The van der Waals surface area contributed by atoms with Gasteiger partial charge in [0.25, 0.3) is 5.56 Å². The fraction of sp³-hybridized carbons (Fsp3) is 0.167. The standard InChI is InChI=1S/C24H18FN3O5/c1-15-20-14-32-21(23(30)33-13-18-6-8-19(25)9-7-18)12-27(20)24(31)28(22(15)29)11-17-4-2-16(10-26)3-5-17/h2-9,12H,11,13-14H2,1H3. The summed E-state index contributed by atoms with van der Waals surface area (Å²) in [5, 5.41) is 8.93. The first-order chi connectivity index (χ1) is 15.9. The van der Waals surface area contributed by atoms with E-state index in [-0.39, 0.29) is 25.5 Å². The summed E-state index contributed by atoms with van der Waals surface area (Å²) in [6.07, 6.45) is 1.20. The maximum Gasteiger partial charge on any atom is 0.375 e. The molecule has 4 rings (SSSR count). The third-order valence-corrected chi connectivity index (χ3v) is 5.25. The highest BCUT2D eigenvalue weighted by Gasteiger charge is 2.24. The van der Waals surface area contributed by atoms with Crippen molar-refractivity contribution in [2.75, 3.05) is 0 Å². The van der Waals surface area contributed by atoms with Crippen molar-refractivity contribution in [2.24, 2.45) is 0 Å². The fourth-order valence-electron chi connectivity index (χ4n) is 3.37. The summed E-state index contributed by atoms with van der Waals surface area (Å²) < 4.78 is 25.9. The quantitative estimate of drug-likeness (QED) is 0.557. The van der Waals surface area contributed by atoms with Crippen LogP contribution in [0.5, 0.6) is 0 Å². The fourth-order valence-corrected chi connectivity index (χ4v) is 3.37. The van der Waals surface area contributed by atoms with Crippen LogP contribution in [-0.2, 0) is 34.0 Å². The van der Waals surface area contributed by atoms with E-state index in [1.54, 1.807) is 31.2 Å². The molecular weight excluding hydrogens is 429 g/mol. The first-order valence-corrected chi connectivity index (χ1v) is 9.97. The molecule has 1 aromatic heterocycles. The molecule has 0 spiro atoms. The van der Waals surface area contributed by atoms with Crippen molar-refractivity contribution in [1.29, 1.82) is 5.26 Å². The molecule has 0 N–H and O–H groups in total. The number of benzene rings is 2. The molecule has 0 unspecified atom stereocenters. The number of carbonyl (C=O) groups is 1. The molecule has 1 aliphatic rings. The van der Waals surface area contributed by atoms with E-state index in [4.69, 9.17) is 14.7 Å². The second-order valence-corrected chi connectivity index (χ2v) is 7.41. The molecule has 9 heteroatoms. The van der Waals surface area contributed by atoms with Gasteiger partial charge in [0, 0.05) is 5.56 Å². The number of carbonyl (C=O) groups excluding carboxylic acids is 1. The molecule has 0 amide bonds. The normalized spacial score (nSPS) is 12.2. The Morgan fingerprint density at radius 3 is 2.45 bits per heavy atom. The lowest BCUT2D eigenvalue weighted by Gasteiger charge is -2.21. The summed E-state index contributed by atoms with van der Waals surface area (Å²) in [7, 11) is 0. The Labute approximate surface area is 187 Å². The number of rotatable bonds is 5. The Balaban J connectivity index is 1.62. The van der Waals surface area contributed by atoms with Gasteiger partial charge in [-0.2, -0.15) is 5.26 Å². The molecule has 33 heavy (non-hydrogen) atoms. The predicted octanol–water partition coefficient (Wildman–Crippen LogP) is 2.45. The summed E-state index contributed by atoms with van der Waals surface area (Å²) in [6.45, 7) is 1.34. The number of aromatic nitrogens is 2. The van der Waals surface area contributed by atoms with Gasteiger partial charge in [0.2, 0.25) is 5.76 Å². The highest BCUT2D eigenvalue weighted by molar-refractivity contribution is 5.89. The van der Waals surface area contributed by atoms with Gasteiger partial charge in [-0.15, -0.1) is 0 Å². The van der Waals surface area contributed by atoms with E-state index in [0.717, 1.165) is 4.57 Å². The van der Waals surface area contributed by atoms with Crippen LogP contribution in [0.1, 0.15) is 27.9 Å². The first kappa shape index (κ1) is 21.8. The van der Waals surface area contributed by atoms with E-state index in [9.17, 15) is 18.8 Å². The molecule has 0 atom stereocenters. The van der Waals surface area contributed by atoms with Gasteiger partial charge < -0.3 is 9.47 Å². The zero-order valence-corrected chi connectivity index (χ0v) is 17.6. The average Bonchev–Trinajstić information content (AvgIpc) is 2.84. The maximum absolute atomic E-state index is 13.1. The number of nitrogens with zero attached hydrogens (tertiary/aromatic N) is 3. The Hall–Kier alpha value is -4.45. The van der Waals surface area contributed by atoms with Crippen molar-refractivity contribution >= 4 is 12.2 Å². The largest absolute Gasteiger partial charge is 0.479 e. The van der Waals surface area contributed by atoms with Gasteiger partial charge in [-0.05, 0) is 42.3 Å². The molecule has 2 heterocycles. The average molecular weight is 447 g/mol. The van der Waals surface area contributed by atoms with E-state index < -0.39 is 23.0 Å². The highest BCUT2D eigenvalue weighted by Crippen LogP contribution is 2.17. The molecule has 8 nitrogen and oxygen atoms in total. The van der Waals surface area contributed by atoms with E-state index >= 15 is 0 Å². The van der Waals surface area contributed by atoms with Crippen molar-refractivity contribution < 1.29 is 18.7 Å². The molecule has 0 saturated carbocycles. The van der Waals surface area contributed by atoms with Crippen LogP contribution in [0.25, 0.3) is 6.20 Å². The Bertz CT molecular complexity index is 1410. The lowest BCUT2D eigenvalue weighted by Crippen LogP contribution is -2.43. The minimum atomic E-state index is -0.792. The van der Waals surface area contributed by atoms with Crippen molar-refractivity contribution in [3.05, 3.63) is 109 Å². The summed E-state index contributed by atoms with van der Waals surface area (Å²) in [6, 6.07) is 14.0. The minimum absolute atomic E-state index is 0.00351. The molecule has 0 radical (unpaired) electrons. The molecule has 0 bridgehead atoms. The third-order valence-electron chi connectivity index (χ3n) is 5.25. The number of nitriles is 1. The molecule has 1 aliphatic heterocycles. The van der Waals surface area contributed by atoms with Crippen molar-refractivity contribution in [3.8, 4) is 6.07 Å². The van der Waals surface area contributed by atoms with E-state index in [1.165, 1.54) is 35.0 Å². The van der Waals surface area contributed by atoms with Gasteiger partial charge in [0.1, 0.15) is 19.0 Å². The summed E-state index contributed by atoms with van der Waals surface area (Å²) in [5.41, 5.74) is 1.30. The monoisotopic (exact) mass is 447 g/mol. The van der Waals surface area contributed by atoms with Crippen LogP contribution < -0.4 is 11.2 Å². The smallest absolute Gasteiger partial charge is 0.375 e. The molecular formula is C24H18FN3O5. The number of esters is 1. The Kier molecular flexibility index (Phi) is 5.91. The van der Waals surface area contributed by atoms with Crippen LogP contribution in [0, 0.1) is 24.1 Å². The van der Waals surface area contributed by atoms with Gasteiger partial charge >= 0.3 is 11.7 Å². The maximum atomic E-state index is 13.1. The highest BCUT2D eigenvalue weighted by atomic mass is 19.1.